The van der Waals surface area contributed by atoms with Crippen molar-refractivity contribution in [3.05, 3.63) is 57.2 Å². The minimum Gasteiger partial charge on any atom is -0.489 e. The molecule has 2 rings (SSSR count). The Bertz CT molecular complexity index is 762. The number of halogens is 1. The average Bonchev–Trinajstić information content (AvgIpc) is 2.51. The van der Waals surface area contributed by atoms with Gasteiger partial charge in [-0.15, -0.1) is 0 Å². The summed E-state index contributed by atoms with van der Waals surface area (Å²) >= 11 is 7.45. The van der Waals surface area contributed by atoms with Gasteiger partial charge in [-0.2, -0.15) is 0 Å². The first kappa shape index (κ1) is 18.7. The molecule has 0 bridgehead atoms. The zero-order valence-electron chi connectivity index (χ0n) is 13.7. The Balaban J connectivity index is 2.05. The summed E-state index contributed by atoms with van der Waals surface area (Å²) in [6.07, 6.45) is 0.0470. The summed E-state index contributed by atoms with van der Waals surface area (Å²) in [4.78, 5) is 12.3. The fraction of sp³-hybridized carbons (Fsp3) is 0.222. The van der Waals surface area contributed by atoms with E-state index in [2.05, 4.69) is 33.2 Å². The number of hydrogen-bond donors (Lipinski definition) is 2. The molecule has 0 spiro atoms. The molecule has 2 aromatic carbocycles. The van der Waals surface area contributed by atoms with Crippen LogP contribution in [0, 0.1) is 10.5 Å². The van der Waals surface area contributed by atoms with Crippen LogP contribution in [0.15, 0.2) is 42.5 Å². The standard InChI is InChI=1S/C18H19IN2O2S/c1-11(2)23-16-7-5-4-6-15(16)20-18(24)21-17(22)13-9-8-12(3)14(19)10-13/h4-11H,1-3H3,(H2,20,21,22,24). The molecule has 24 heavy (non-hydrogen) atoms. The van der Waals surface area contributed by atoms with E-state index in [9.17, 15) is 4.79 Å². The van der Waals surface area contributed by atoms with Crippen LogP contribution in [0.2, 0.25) is 0 Å². The van der Waals surface area contributed by atoms with Gasteiger partial charge in [-0.3, -0.25) is 10.1 Å². The molecule has 126 valence electrons. The van der Waals surface area contributed by atoms with Crippen molar-refractivity contribution in [1.82, 2.24) is 5.32 Å². The Labute approximate surface area is 161 Å². The summed E-state index contributed by atoms with van der Waals surface area (Å²) in [6, 6.07) is 13.0. The van der Waals surface area contributed by atoms with Gasteiger partial charge in [0.25, 0.3) is 5.91 Å². The number of carbonyl (C=O) groups is 1. The van der Waals surface area contributed by atoms with E-state index in [1.807, 2.05) is 57.2 Å². The maximum Gasteiger partial charge on any atom is 0.257 e. The second-order valence-electron chi connectivity index (χ2n) is 5.53. The van der Waals surface area contributed by atoms with Crippen LogP contribution in [0.3, 0.4) is 0 Å². The topological polar surface area (TPSA) is 50.4 Å². The highest BCUT2D eigenvalue weighted by Crippen LogP contribution is 2.24. The van der Waals surface area contributed by atoms with Gasteiger partial charge in [-0.25, -0.2) is 0 Å². The molecule has 0 aliphatic carbocycles. The van der Waals surface area contributed by atoms with Gasteiger partial charge in [0, 0.05) is 9.13 Å². The van der Waals surface area contributed by atoms with Crippen LogP contribution >= 0.6 is 34.8 Å². The van der Waals surface area contributed by atoms with E-state index in [0.29, 0.717) is 11.3 Å². The molecule has 0 aliphatic heterocycles. The Morgan fingerprint density at radius 1 is 1.21 bits per heavy atom. The van der Waals surface area contributed by atoms with Crippen LogP contribution in [-0.4, -0.2) is 17.1 Å². The number of thiocarbonyl (C=S) groups is 1. The van der Waals surface area contributed by atoms with Crippen molar-refractivity contribution < 1.29 is 9.53 Å². The van der Waals surface area contributed by atoms with E-state index in [1.54, 1.807) is 6.07 Å². The van der Waals surface area contributed by atoms with E-state index in [-0.39, 0.29) is 17.1 Å². The van der Waals surface area contributed by atoms with Crippen LogP contribution in [0.25, 0.3) is 0 Å². The number of anilines is 1. The molecule has 0 radical (unpaired) electrons. The Morgan fingerprint density at radius 2 is 1.92 bits per heavy atom. The molecule has 2 N–H and O–H groups in total. The number of nitrogens with one attached hydrogen (secondary N) is 2. The summed E-state index contributed by atoms with van der Waals surface area (Å²) in [5.41, 5.74) is 2.42. The van der Waals surface area contributed by atoms with Crippen LogP contribution in [0.5, 0.6) is 5.75 Å². The largest absolute Gasteiger partial charge is 0.489 e. The molecule has 4 nitrogen and oxygen atoms in total. The average molecular weight is 454 g/mol. The summed E-state index contributed by atoms with van der Waals surface area (Å²) in [6.45, 7) is 5.91. The minimum atomic E-state index is -0.243. The molecule has 0 unspecified atom stereocenters. The molecular formula is C18H19IN2O2S. The highest BCUT2D eigenvalue weighted by Gasteiger charge is 2.11. The highest BCUT2D eigenvalue weighted by molar-refractivity contribution is 14.1. The lowest BCUT2D eigenvalue weighted by Gasteiger charge is -2.16. The third-order valence-electron chi connectivity index (χ3n) is 3.16. The second-order valence-corrected chi connectivity index (χ2v) is 7.11. The maximum absolute atomic E-state index is 12.3. The van der Waals surface area contributed by atoms with Gasteiger partial charge in [0.15, 0.2) is 5.11 Å². The van der Waals surface area contributed by atoms with E-state index in [4.69, 9.17) is 17.0 Å². The van der Waals surface area contributed by atoms with E-state index < -0.39 is 0 Å². The quantitative estimate of drug-likeness (QED) is 0.527. The van der Waals surface area contributed by atoms with Crippen LogP contribution in [-0.2, 0) is 0 Å². The molecule has 6 heteroatoms. The van der Waals surface area contributed by atoms with Gasteiger partial charge < -0.3 is 10.1 Å². The molecule has 2 aromatic rings. The van der Waals surface area contributed by atoms with Crippen molar-refractivity contribution in [2.75, 3.05) is 5.32 Å². The second kappa shape index (κ2) is 8.43. The van der Waals surface area contributed by atoms with E-state index in [1.165, 1.54) is 0 Å². The van der Waals surface area contributed by atoms with Crippen LogP contribution < -0.4 is 15.4 Å². The van der Waals surface area contributed by atoms with Crippen molar-refractivity contribution >= 4 is 51.5 Å². The first-order valence-corrected chi connectivity index (χ1v) is 8.99. The monoisotopic (exact) mass is 454 g/mol. The molecule has 0 heterocycles. The number of benzene rings is 2. The summed E-state index contributed by atoms with van der Waals surface area (Å²) in [7, 11) is 0. The zero-order valence-corrected chi connectivity index (χ0v) is 16.7. The number of ether oxygens (including phenoxy) is 1. The lowest BCUT2D eigenvalue weighted by Crippen LogP contribution is -2.34. The molecule has 0 aliphatic rings. The SMILES string of the molecule is Cc1ccc(C(=O)NC(=S)Nc2ccccc2OC(C)C)cc1I. The smallest absolute Gasteiger partial charge is 0.257 e. The lowest BCUT2D eigenvalue weighted by molar-refractivity contribution is 0.0977. The fourth-order valence-electron chi connectivity index (χ4n) is 1.99. The zero-order chi connectivity index (χ0) is 17.7. The van der Waals surface area contributed by atoms with E-state index in [0.717, 1.165) is 14.8 Å². The number of para-hydroxylation sites is 2. The number of rotatable bonds is 4. The Hall–Kier alpha value is -1.67. The van der Waals surface area contributed by atoms with Crippen molar-refractivity contribution in [2.45, 2.75) is 26.9 Å². The van der Waals surface area contributed by atoms with Gasteiger partial charge in [-0.05, 0) is 85.4 Å². The van der Waals surface area contributed by atoms with Gasteiger partial charge in [0.05, 0.1) is 11.8 Å². The third kappa shape index (κ3) is 5.17. The number of carbonyl (C=O) groups excluding carboxylic acids is 1. The molecule has 0 aromatic heterocycles. The Kier molecular flexibility index (Phi) is 6.56. The molecule has 0 saturated heterocycles. The molecule has 1 amide bonds. The first-order chi connectivity index (χ1) is 11.4. The normalized spacial score (nSPS) is 10.4. The maximum atomic E-state index is 12.3. The summed E-state index contributed by atoms with van der Waals surface area (Å²) in [5.74, 6) is 0.446. The summed E-state index contributed by atoms with van der Waals surface area (Å²) < 4.78 is 6.77. The highest BCUT2D eigenvalue weighted by atomic mass is 127. The van der Waals surface area contributed by atoms with Gasteiger partial charge >= 0.3 is 0 Å². The van der Waals surface area contributed by atoms with Gasteiger partial charge in [0.1, 0.15) is 5.75 Å². The van der Waals surface area contributed by atoms with Gasteiger partial charge in [-0.1, -0.05) is 18.2 Å². The third-order valence-corrected chi connectivity index (χ3v) is 4.53. The minimum absolute atomic E-state index is 0.0470. The molecule has 0 fully saturated rings. The number of hydrogen-bond acceptors (Lipinski definition) is 3. The molecular weight excluding hydrogens is 435 g/mol. The predicted octanol–water partition coefficient (Wildman–Crippen LogP) is 4.51. The first-order valence-electron chi connectivity index (χ1n) is 7.51. The van der Waals surface area contributed by atoms with E-state index >= 15 is 0 Å². The van der Waals surface area contributed by atoms with Crippen LogP contribution in [0.4, 0.5) is 5.69 Å². The summed E-state index contributed by atoms with van der Waals surface area (Å²) in [5, 5.41) is 5.94. The van der Waals surface area contributed by atoms with Gasteiger partial charge in [0.2, 0.25) is 0 Å². The van der Waals surface area contributed by atoms with Crippen LogP contribution in [0.1, 0.15) is 29.8 Å². The fourth-order valence-corrected chi connectivity index (χ4v) is 2.71. The molecule has 0 saturated carbocycles. The van der Waals surface area contributed by atoms with Crippen molar-refractivity contribution in [1.29, 1.82) is 0 Å². The predicted molar refractivity (Wildman–Crippen MR) is 110 cm³/mol. The van der Waals surface area contributed by atoms with Crippen molar-refractivity contribution in [3.63, 3.8) is 0 Å². The van der Waals surface area contributed by atoms with Crippen molar-refractivity contribution in [2.24, 2.45) is 0 Å². The Morgan fingerprint density at radius 3 is 2.58 bits per heavy atom. The number of amides is 1. The molecule has 0 atom stereocenters. The van der Waals surface area contributed by atoms with Crippen molar-refractivity contribution in [3.8, 4) is 5.75 Å². The number of aryl methyl sites for hydroxylation is 1. The lowest BCUT2D eigenvalue weighted by atomic mass is 10.1.